The van der Waals surface area contributed by atoms with Gasteiger partial charge in [0, 0.05) is 12.4 Å². The molecule has 2 rings (SSSR count). The quantitative estimate of drug-likeness (QED) is 0.695. The zero-order valence-electron chi connectivity index (χ0n) is 15.2. The van der Waals surface area contributed by atoms with Crippen LogP contribution >= 0.6 is 0 Å². The lowest BCUT2D eigenvalue weighted by molar-refractivity contribution is 0.414. The van der Waals surface area contributed by atoms with Crippen LogP contribution in [-0.4, -0.2) is 25.3 Å². The third-order valence-electron chi connectivity index (χ3n) is 4.26. The smallest absolute Gasteiger partial charge is 0.184 e. The number of nitrogens with zero attached hydrogens (tertiary/aromatic N) is 1. The van der Waals surface area contributed by atoms with Crippen molar-refractivity contribution in [3.63, 3.8) is 0 Å². The maximum atomic E-state index is 13.4. The van der Waals surface area contributed by atoms with Gasteiger partial charge in [-0.3, -0.25) is 4.98 Å². The van der Waals surface area contributed by atoms with E-state index in [2.05, 4.69) is 4.98 Å². The SMILES string of the molecule is COc1ccc(S(=O)(=O)C(C)(CC=C(C)C)Cc2cccnc2)cc1. The summed E-state index contributed by atoms with van der Waals surface area (Å²) in [6, 6.07) is 10.3. The molecule has 0 aliphatic carbocycles. The molecule has 0 bridgehead atoms. The van der Waals surface area contributed by atoms with Crippen molar-refractivity contribution >= 4 is 9.84 Å². The highest BCUT2D eigenvalue weighted by Crippen LogP contribution is 2.33. The summed E-state index contributed by atoms with van der Waals surface area (Å²) < 4.78 is 30.9. The van der Waals surface area contributed by atoms with Crippen LogP contribution in [0.25, 0.3) is 0 Å². The molecule has 0 saturated carbocycles. The van der Waals surface area contributed by atoms with Gasteiger partial charge in [-0.1, -0.05) is 17.7 Å². The number of hydrogen-bond acceptors (Lipinski definition) is 4. The van der Waals surface area contributed by atoms with Gasteiger partial charge in [-0.25, -0.2) is 8.42 Å². The van der Waals surface area contributed by atoms with Crippen molar-refractivity contribution in [2.75, 3.05) is 7.11 Å². The predicted octanol–water partition coefficient (Wildman–Crippen LogP) is 4.22. The number of rotatable bonds is 7. The van der Waals surface area contributed by atoms with Crippen LogP contribution in [0.4, 0.5) is 0 Å². The van der Waals surface area contributed by atoms with Crippen molar-refractivity contribution < 1.29 is 13.2 Å². The number of hydrogen-bond donors (Lipinski definition) is 0. The number of sulfone groups is 1. The second kappa shape index (κ2) is 7.83. The standard InChI is InChI=1S/C20H25NO3S/c1-16(2)11-12-20(3,14-17-6-5-13-21-15-17)25(22,23)19-9-7-18(24-4)8-10-19/h5-11,13,15H,12,14H2,1-4H3. The minimum atomic E-state index is -3.55. The molecule has 5 heteroatoms. The number of aromatic nitrogens is 1. The molecule has 0 aliphatic rings. The van der Waals surface area contributed by atoms with E-state index in [0.29, 0.717) is 23.5 Å². The van der Waals surface area contributed by atoms with Crippen molar-refractivity contribution in [1.29, 1.82) is 0 Å². The summed E-state index contributed by atoms with van der Waals surface area (Å²) in [5.74, 6) is 0.636. The largest absolute Gasteiger partial charge is 0.497 e. The van der Waals surface area contributed by atoms with Gasteiger partial charge in [-0.2, -0.15) is 0 Å². The molecule has 1 atom stereocenters. The molecule has 1 aromatic carbocycles. The van der Waals surface area contributed by atoms with Gasteiger partial charge in [0.2, 0.25) is 0 Å². The molecule has 0 amide bonds. The number of allylic oxidation sites excluding steroid dienone is 2. The highest BCUT2D eigenvalue weighted by molar-refractivity contribution is 7.92. The summed E-state index contributed by atoms with van der Waals surface area (Å²) >= 11 is 0. The van der Waals surface area contributed by atoms with E-state index in [-0.39, 0.29) is 0 Å². The van der Waals surface area contributed by atoms with Gasteiger partial charge in [0.05, 0.1) is 16.8 Å². The van der Waals surface area contributed by atoms with E-state index in [1.165, 1.54) is 0 Å². The molecule has 4 nitrogen and oxygen atoms in total. The summed E-state index contributed by atoms with van der Waals surface area (Å²) in [5, 5.41) is 0. The molecule has 25 heavy (non-hydrogen) atoms. The van der Waals surface area contributed by atoms with Crippen molar-refractivity contribution in [2.24, 2.45) is 0 Å². The first-order chi connectivity index (χ1) is 11.8. The van der Waals surface area contributed by atoms with Gasteiger partial charge in [-0.05, 0) is 69.5 Å². The molecule has 1 heterocycles. The Morgan fingerprint density at radius 2 is 1.88 bits per heavy atom. The van der Waals surface area contributed by atoms with Gasteiger partial charge in [0.25, 0.3) is 0 Å². The molecule has 1 aromatic heterocycles. The summed E-state index contributed by atoms with van der Waals surface area (Å²) in [5.41, 5.74) is 2.01. The predicted molar refractivity (Wildman–Crippen MR) is 101 cm³/mol. The second-order valence-corrected chi connectivity index (χ2v) is 9.12. The molecule has 0 N–H and O–H groups in total. The van der Waals surface area contributed by atoms with Crippen LogP contribution in [0.2, 0.25) is 0 Å². The first-order valence-corrected chi connectivity index (χ1v) is 9.68. The summed E-state index contributed by atoms with van der Waals surface area (Å²) in [4.78, 5) is 4.42. The number of pyridine rings is 1. The molecule has 0 fully saturated rings. The molecule has 0 spiro atoms. The van der Waals surface area contributed by atoms with Crippen molar-refractivity contribution in [1.82, 2.24) is 4.98 Å². The highest BCUT2D eigenvalue weighted by atomic mass is 32.2. The lowest BCUT2D eigenvalue weighted by Gasteiger charge is -2.29. The van der Waals surface area contributed by atoms with Crippen LogP contribution in [0.15, 0.2) is 65.3 Å². The Kier molecular flexibility index (Phi) is 6.01. The third-order valence-corrected chi connectivity index (χ3v) is 6.76. The zero-order chi connectivity index (χ0) is 18.5. The Bertz CT molecular complexity index is 823. The minimum Gasteiger partial charge on any atom is -0.497 e. The van der Waals surface area contributed by atoms with E-state index < -0.39 is 14.6 Å². The topological polar surface area (TPSA) is 56.3 Å². The molecular formula is C20H25NO3S. The van der Waals surface area contributed by atoms with E-state index in [4.69, 9.17) is 4.74 Å². The fourth-order valence-corrected chi connectivity index (χ4v) is 4.39. The van der Waals surface area contributed by atoms with Crippen LogP contribution in [0.5, 0.6) is 5.75 Å². The highest BCUT2D eigenvalue weighted by Gasteiger charge is 2.39. The number of ether oxygens (including phenoxy) is 1. The van der Waals surface area contributed by atoms with E-state index in [0.717, 1.165) is 11.1 Å². The Morgan fingerprint density at radius 3 is 2.40 bits per heavy atom. The first-order valence-electron chi connectivity index (χ1n) is 8.19. The number of benzene rings is 1. The van der Waals surface area contributed by atoms with E-state index in [1.807, 2.05) is 32.1 Å². The Balaban J connectivity index is 2.46. The monoisotopic (exact) mass is 359 g/mol. The summed E-state index contributed by atoms with van der Waals surface area (Å²) in [6.07, 6.45) is 6.24. The average Bonchev–Trinajstić information content (AvgIpc) is 2.61. The van der Waals surface area contributed by atoms with Crippen LogP contribution in [0.1, 0.15) is 32.8 Å². The fourth-order valence-electron chi connectivity index (χ4n) is 2.67. The average molecular weight is 359 g/mol. The molecule has 1 unspecified atom stereocenters. The van der Waals surface area contributed by atoms with Gasteiger partial charge >= 0.3 is 0 Å². The lowest BCUT2D eigenvalue weighted by atomic mass is 9.97. The van der Waals surface area contributed by atoms with Crippen LogP contribution < -0.4 is 4.74 Å². The summed E-state index contributed by atoms with van der Waals surface area (Å²) in [7, 11) is -1.99. The van der Waals surface area contributed by atoms with Gasteiger partial charge in [0.1, 0.15) is 5.75 Å². The van der Waals surface area contributed by atoms with Crippen LogP contribution in [0.3, 0.4) is 0 Å². The molecule has 0 radical (unpaired) electrons. The normalized spacial score (nSPS) is 13.8. The van der Waals surface area contributed by atoms with E-state index in [1.54, 1.807) is 50.7 Å². The van der Waals surface area contributed by atoms with E-state index in [9.17, 15) is 8.42 Å². The maximum absolute atomic E-state index is 13.4. The van der Waals surface area contributed by atoms with E-state index >= 15 is 0 Å². The van der Waals surface area contributed by atoms with Gasteiger partial charge in [0.15, 0.2) is 9.84 Å². The van der Waals surface area contributed by atoms with Crippen molar-refractivity contribution in [3.8, 4) is 5.75 Å². The zero-order valence-corrected chi connectivity index (χ0v) is 16.0. The van der Waals surface area contributed by atoms with Gasteiger partial charge < -0.3 is 4.74 Å². The van der Waals surface area contributed by atoms with Gasteiger partial charge in [-0.15, -0.1) is 0 Å². The molecule has 0 saturated heterocycles. The Morgan fingerprint density at radius 1 is 1.20 bits per heavy atom. The number of methoxy groups -OCH3 is 1. The minimum absolute atomic E-state index is 0.307. The Labute approximate surface area is 150 Å². The second-order valence-electron chi connectivity index (χ2n) is 6.65. The molecular weight excluding hydrogens is 334 g/mol. The molecule has 134 valence electrons. The molecule has 0 aliphatic heterocycles. The fraction of sp³-hybridized carbons (Fsp3) is 0.350. The van der Waals surface area contributed by atoms with Crippen LogP contribution in [-0.2, 0) is 16.3 Å². The van der Waals surface area contributed by atoms with Crippen molar-refractivity contribution in [3.05, 3.63) is 66.0 Å². The Hall–Kier alpha value is -2.14. The summed E-state index contributed by atoms with van der Waals surface area (Å²) in [6.45, 7) is 5.76. The lowest BCUT2D eigenvalue weighted by Crippen LogP contribution is -2.37. The van der Waals surface area contributed by atoms with Crippen molar-refractivity contribution in [2.45, 2.75) is 43.3 Å². The maximum Gasteiger partial charge on any atom is 0.184 e. The molecule has 2 aromatic rings. The van der Waals surface area contributed by atoms with Crippen LogP contribution in [0, 0.1) is 0 Å². The first kappa shape index (κ1) is 19.2. The third kappa shape index (κ3) is 4.48.